The third kappa shape index (κ3) is 10.2. The van der Waals surface area contributed by atoms with Crippen LogP contribution in [0.15, 0.2) is 88.1 Å². The van der Waals surface area contributed by atoms with Crippen LogP contribution in [0.4, 0.5) is 0 Å². The fraction of sp³-hybridized carbons (Fsp3) is 0.333. The van der Waals surface area contributed by atoms with E-state index in [0.29, 0.717) is 71.7 Å². The first-order chi connectivity index (χ1) is 20.9. The van der Waals surface area contributed by atoms with E-state index in [2.05, 4.69) is 19.7 Å². The van der Waals surface area contributed by atoms with Gasteiger partial charge in [0.05, 0.1) is 25.2 Å². The Bertz CT molecular complexity index is 1610. The van der Waals surface area contributed by atoms with Crippen LogP contribution >= 0.6 is 0 Å². The first-order valence-electron chi connectivity index (χ1n) is 14.6. The molecule has 3 rings (SSSR count). The van der Waals surface area contributed by atoms with Crippen LogP contribution in [0.2, 0.25) is 0 Å². The maximum Gasteiger partial charge on any atom is 0.344 e. The minimum Gasteiger partial charge on any atom is -0.462 e. The fourth-order valence-corrected chi connectivity index (χ4v) is 4.45. The molecule has 1 aromatic heterocycles. The van der Waals surface area contributed by atoms with Crippen LogP contribution in [0, 0.1) is 0 Å². The number of benzene rings is 2. The summed E-state index contributed by atoms with van der Waals surface area (Å²) in [4.78, 5) is 48.3. The SMILES string of the molecule is C=C(C)CC(=O)Oc1ccc(-c2cc3cc(CCCCOC(=O)C(=C)C)c(CCCCOC(=O)C(=C)C)cc3oc2=O)cc1. The third-order valence-corrected chi connectivity index (χ3v) is 6.74. The molecule has 3 aromatic rings. The number of esters is 3. The minimum atomic E-state index is -0.478. The molecular weight excluding hydrogens is 560 g/mol. The molecule has 0 aliphatic carbocycles. The zero-order valence-corrected chi connectivity index (χ0v) is 25.8. The molecule has 0 N–H and O–H groups in total. The van der Waals surface area contributed by atoms with Crippen LogP contribution in [0.25, 0.3) is 22.1 Å². The summed E-state index contributed by atoms with van der Waals surface area (Å²) in [5.74, 6) is -0.829. The highest BCUT2D eigenvalue weighted by molar-refractivity contribution is 5.87. The first kappa shape index (κ1) is 33.8. The predicted octanol–water partition coefficient (Wildman–Crippen LogP) is 7.22. The average molecular weight is 601 g/mol. The Balaban J connectivity index is 1.80. The highest BCUT2D eigenvalue weighted by Crippen LogP contribution is 2.27. The van der Waals surface area contributed by atoms with Gasteiger partial charge >= 0.3 is 23.5 Å². The Kier molecular flexibility index (Phi) is 12.4. The first-order valence-corrected chi connectivity index (χ1v) is 14.6. The number of rotatable bonds is 16. The maximum absolute atomic E-state index is 13.0. The van der Waals surface area contributed by atoms with E-state index in [0.717, 1.165) is 35.8 Å². The van der Waals surface area contributed by atoms with Crippen molar-refractivity contribution in [2.24, 2.45) is 0 Å². The Morgan fingerprint density at radius 2 is 1.30 bits per heavy atom. The van der Waals surface area contributed by atoms with Gasteiger partial charge in [0.25, 0.3) is 0 Å². The second-order valence-corrected chi connectivity index (χ2v) is 11.0. The number of aryl methyl sites for hydroxylation is 2. The molecule has 0 bridgehead atoms. The predicted molar refractivity (Wildman–Crippen MR) is 170 cm³/mol. The van der Waals surface area contributed by atoms with Gasteiger partial charge in [-0.3, -0.25) is 4.79 Å². The molecule has 0 aliphatic heterocycles. The normalized spacial score (nSPS) is 10.7. The van der Waals surface area contributed by atoms with Gasteiger partial charge in [0.15, 0.2) is 0 Å². The number of unbranched alkanes of at least 4 members (excludes halogenated alkanes) is 2. The molecular formula is C36H40O8. The summed E-state index contributed by atoms with van der Waals surface area (Å²) in [6, 6.07) is 12.4. The summed E-state index contributed by atoms with van der Waals surface area (Å²) in [6.45, 7) is 16.5. The molecule has 8 nitrogen and oxygen atoms in total. The van der Waals surface area contributed by atoms with E-state index in [-0.39, 0.29) is 6.42 Å². The van der Waals surface area contributed by atoms with E-state index in [4.69, 9.17) is 18.6 Å². The monoisotopic (exact) mass is 600 g/mol. The van der Waals surface area contributed by atoms with Crippen molar-refractivity contribution < 1.29 is 33.0 Å². The van der Waals surface area contributed by atoms with Gasteiger partial charge in [-0.15, -0.1) is 0 Å². The Hall–Kier alpha value is -4.72. The van der Waals surface area contributed by atoms with Gasteiger partial charge in [0, 0.05) is 16.5 Å². The van der Waals surface area contributed by atoms with E-state index in [1.165, 1.54) is 0 Å². The van der Waals surface area contributed by atoms with Crippen LogP contribution < -0.4 is 10.4 Å². The Morgan fingerprint density at radius 1 is 0.750 bits per heavy atom. The van der Waals surface area contributed by atoms with Crippen molar-refractivity contribution in [2.75, 3.05) is 13.2 Å². The lowest BCUT2D eigenvalue weighted by molar-refractivity contribution is -0.139. The van der Waals surface area contributed by atoms with E-state index in [1.54, 1.807) is 45.0 Å². The number of carbonyl (C=O) groups is 3. The lowest BCUT2D eigenvalue weighted by atomic mass is 9.95. The number of hydrogen-bond donors (Lipinski definition) is 0. The van der Waals surface area contributed by atoms with Crippen molar-refractivity contribution in [3.05, 3.63) is 100 Å². The molecule has 0 amide bonds. The second-order valence-electron chi connectivity index (χ2n) is 11.0. The van der Waals surface area contributed by atoms with Crippen molar-refractivity contribution in [3.63, 3.8) is 0 Å². The van der Waals surface area contributed by atoms with Gasteiger partial charge in [0.1, 0.15) is 11.3 Å². The third-order valence-electron chi connectivity index (χ3n) is 6.74. The molecule has 0 fully saturated rings. The van der Waals surface area contributed by atoms with Crippen molar-refractivity contribution in [1.29, 1.82) is 0 Å². The summed E-state index contributed by atoms with van der Waals surface area (Å²) < 4.78 is 21.5. The van der Waals surface area contributed by atoms with E-state index >= 15 is 0 Å². The summed E-state index contributed by atoms with van der Waals surface area (Å²) in [5.41, 5.74) is 4.60. The van der Waals surface area contributed by atoms with Crippen LogP contribution in [-0.4, -0.2) is 31.1 Å². The van der Waals surface area contributed by atoms with Gasteiger partial charge in [0.2, 0.25) is 0 Å². The van der Waals surface area contributed by atoms with Gasteiger partial charge in [-0.1, -0.05) is 37.4 Å². The number of hydrogen-bond acceptors (Lipinski definition) is 8. The fourth-order valence-electron chi connectivity index (χ4n) is 4.45. The molecule has 1 heterocycles. The zero-order valence-electron chi connectivity index (χ0n) is 25.8. The molecule has 0 aliphatic rings. The molecule has 2 aromatic carbocycles. The van der Waals surface area contributed by atoms with Crippen molar-refractivity contribution >= 4 is 28.9 Å². The van der Waals surface area contributed by atoms with E-state index < -0.39 is 23.5 Å². The van der Waals surface area contributed by atoms with Crippen LogP contribution in [0.5, 0.6) is 5.75 Å². The van der Waals surface area contributed by atoms with Gasteiger partial charge in [-0.05, 0) is 106 Å². The highest BCUT2D eigenvalue weighted by atomic mass is 16.5. The standard InChI is InChI=1S/C36H40O8/c1-23(2)19-33(37)43-30-15-13-26(14-16-30)31-21-29-20-27(11-7-9-17-41-34(38)24(3)4)28(22-32(29)44-36(31)40)12-8-10-18-42-35(39)25(5)6/h13-16,20-22H,1,3,5,7-12,17-19H2,2,4,6H3. The highest BCUT2D eigenvalue weighted by Gasteiger charge is 2.13. The molecule has 0 saturated heterocycles. The lowest BCUT2D eigenvalue weighted by Crippen LogP contribution is -2.08. The molecule has 0 spiro atoms. The molecule has 232 valence electrons. The topological polar surface area (TPSA) is 109 Å². The van der Waals surface area contributed by atoms with Gasteiger partial charge < -0.3 is 18.6 Å². The van der Waals surface area contributed by atoms with Crippen molar-refractivity contribution in [2.45, 2.75) is 65.7 Å². The van der Waals surface area contributed by atoms with Crippen molar-refractivity contribution in [3.8, 4) is 16.9 Å². The van der Waals surface area contributed by atoms with Gasteiger partial charge in [-0.2, -0.15) is 0 Å². The van der Waals surface area contributed by atoms with Crippen LogP contribution in [0.3, 0.4) is 0 Å². The lowest BCUT2D eigenvalue weighted by Gasteiger charge is -2.13. The van der Waals surface area contributed by atoms with Crippen molar-refractivity contribution in [1.82, 2.24) is 0 Å². The number of ether oxygens (including phenoxy) is 3. The van der Waals surface area contributed by atoms with Gasteiger partial charge in [-0.25, -0.2) is 14.4 Å². The summed E-state index contributed by atoms with van der Waals surface area (Å²) in [5, 5.41) is 0.777. The van der Waals surface area contributed by atoms with E-state index in [9.17, 15) is 19.2 Å². The average Bonchev–Trinajstić information content (AvgIpc) is 2.96. The summed E-state index contributed by atoms with van der Waals surface area (Å²) in [6.07, 6.45) is 4.48. The molecule has 44 heavy (non-hydrogen) atoms. The summed E-state index contributed by atoms with van der Waals surface area (Å²) in [7, 11) is 0. The zero-order chi connectivity index (χ0) is 32.2. The maximum atomic E-state index is 13.0. The molecule has 0 saturated carbocycles. The molecule has 0 unspecified atom stereocenters. The van der Waals surface area contributed by atoms with Crippen LogP contribution in [0.1, 0.15) is 64.0 Å². The molecule has 8 heteroatoms. The Labute approximate surface area is 258 Å². The minimum absolute atomic E-state index is 0.127. The smallest absolute Gasteiger partial charge is 0.344 e. The quantitative estimate of drug-likeness (QED) is 0.0424. The second kappa shape index (κ2) is 16.2. The van der Waals surface area contributed by atoms with E-state index in [1.807, 2.05) is 18.2 Å². The summed E-state index contributed by atoms with van der Waals surface area (Å²) >= 11 is 0. The van der Waals surface area contributed by atoms with Crippen LogP contribution in [-0.2, 0) is 36.7 Å². The Morgan fingerprint density at radius 3 is 1.82 bits per heavy atom. The molecule has 0 atom stereocenters. The number of carbonyl (C=O) groups excluding carboxylic acids is 3. The molecule has 0 radical (unpaired) electrons. The number of fused-ring (bicyclic) bond motifs is 1. The largest absolute Gasteiger partial charge is 0.462 e.